The van der Waals surface area contributed by atoms with Gasteiger partial charge in [0.25, 0.3) is 0 Å². The van der Waals surface area contributed by atoms with E-state index in [1.807, 2.05) is 0 Å². The second-order valence-corrected chi connectivity index (χ2v) is 10.5. The molecule has 0 aromatic heterocycles. The van der Waals surface area contributed by atoms with Gasteiger partial charge in [0.1, 0.15) is 0 Å². The maximum atomic E-state index is 13.6. The second-order valence-electron chi connectivity index (χ2n) is 10.5. The van der Waals surface area contributed by atoms with Gasteiger partial charge in [0, 0.05) is 13.1 Å². The highest BCUT2D eigenvalue weighted by molar-refractivity contribution is 5.83. The number of carbonyl (C=O) groups excluding carboxylic acids is 1. The number of hydrogen-bond donors (Lipinski definition) is 2. The lowest BCUT2D eigenvalue weighted by Crippen LogP contribution is -2.64. The van der Waals surface area contributed by atoms with E-state index < -0.39 is 11.2 Å². The molecule has 4 atom stereocenters. The molecule has 4 heteroatoms. The summed E-state index contributed by atoms with van der Waals surface area (Å²) < 4.78 is 0. The molecule has 5 aliphatic carbocycles. The highest BCUT2D eigenvalue weighted by Gasteiger charge is 2.65. The first-order chi connectivity index (χ1) is 11.8. The normalized spacial score (nSPS) is 48.0. The van der Waals surface area contributed by atoms with Crippen molar-refractivity contribution in [2.45, 2.75) is 88.8 Å². The molecular formula is C21H33NO3. The van der Waals surface area contributed by atoms with Crippen LogP contribution in [-0.4, -0.2) is 45.3 Å². The van der Waals surface area contributed by atoms with E-state index >= 15 is 0 Å². The third-order valence-electron chi connectivity index (χ3n) is 8.66. The Hall–Kier alpha value is -0.610. The predicted octanol–water partition coefficient (Wildman–Crippen LogP) is 2.86. The van der Waals surface area contributed by atoms with E-state index in [-0.39, 0.29) is 10.8 Å². The lowest BCUT2D eigenvalue weighted by atomic mass is 9.42. The van der Waals surface area contributed by atoms with Gasteiger partial charge >= 0.3 is 0 Å². The Balaban J connectivity index is 1.35. The topological polar surface area (TPSA) is 60.8 Å². The maximum Gasteiger partial charge on any atom is 0.228 e. The first kappa shape index (κ1) is 16.6. The molecular weight excluding hydrogens is 314 g/mol. The molecule has 6 fully saturated rings. The van der Waals surface area contributed by atoms with Crippen LogP contribution in [0.15, 0.2) is 0 Å². The third kappa shape index (κ3) is 2.43. The quantitative estimate of drug-likeness (QED) is 0.825. The Morgan fingerprint density at radius 3 is 2.36 bits per heavy atom. The summed E-state index contributed by atoms with van der Waals surface area (Å²) in [6, 6.07) is 0. The maximum absolute atomic E-state index is 13.6. The van der Waals surface area contributed by atoms with Crippen molar-refractivity contribution in [2.24, 2.45) is 22.7 Å². The minimum atomic E-state index is -0.591. The van der Waals surface area contributed by atoms with Crippen LogP contribution >= 0.6 is 0 Å². The summed E-state index contributed by atoms with van der Waals surface area (Å²) in [6.45, 7) is 3.85. The average Bonchev–Trinajstić information content (AvgIpc) is 3.31. The van der Waals surface area contributed by atoms with Crippen molar-refractivity contribution in [1.29, 1.82) is 0 Å². The fourth-order valence-electron chi connectivity index (χ4n) is 7.71. The van der Waals surface area contributed by atoms with Crippen molar-refractivity contribution in [3.63, 3.8) is 0 Å². The highest BCUT2D eigenvalue weighted by atomic mass is 16.3. The van der Waals surface area contributed by atoms with Crippen molar-refractivity contribution in [2.75, 3.05) is 13.1 Å². The molecule has 0 aromatic rings. The van der Waals surface area contributed by atoms with Crippen molar-refractivity contribution in [3.8, 4) is 0 Å². The number of amides is 1. The lowest BCUT2D eigenvalue weighted by molar-refractivity contribution is -0.210. The molecule has 1 heterocycles. The Morgan fingerprint density at radius 2 is 1.76 bits per heavy atom. The molecule has 6 aliphatic rings. The van der Waals surface area contributed by atoms with E-state index in [9.17, 15) is 15.0 Å². The summed E-state index contributed by atoms with van der Waals surface area (Å²) >= 11 is 0. The van der Waals surface area contributed by atoms with Crippen molar-refractivity contribution < 1.29 is 15.0 Å². The van der Waals surface area contributed by atoms with Gasteiger partial charge in [-0.15, -0.1) is 0 Å². The number of aliphatic hydroxyl groups is 2. The molecule has 4 bridgehead atoms. The van der Waals surface area contributed by atoms with Crippen LogP contribution in [0.5, 0.6) is 0 Å². The molecule has 1 amide bonds. The zero-order valence-corrected chi connectivity index (χ0v) is 15.6. The number of nitrogens with zero attached hydrogens (tertiary/aromatic N) is 1. The molecule has 1 aliphatic heterocycles. The Labute approximate surface area is 151 Å². The Morgan fingerprint density at radius 1 is 1.04 bits per heavy atom. The highest BCUT2D eigenvalue weighted by Crippen LogP contribution is 2.68. The summed E-state index contributed by atoms with van der Waals surface area (Å²) in [5.41, 5.74) is -1.09. The summed E-state index contributed by atoms with van der Waals surface area (Å²) in [5.74, 6) is 1.25. The van der Waals surface area contributed by atoms with Gasteiger partial charge in [0.05, 0.1) is 16.6 Å². The van der Waals surface area contributed by atoms with E-state index in [0.717, 1.165) is 70.9 Å². The predicted molar refractivity (Wildman–Crippen MR) is 94.8 cm³/mol. The molecule has 6 rings (SSSR count). The summed E-state index contributed by atoms with van der Waals surface area (Å²) in [7, 11) is 0. The summed E-state index contributed by atoms with van der Waals surface area (Å²) in [5, 5.41) is 21.5. The molecule has 25 heavy (non-hydrogen) atoms. The molecule has 140 valence electrons. The van der Waals surface area contributed by atoms with Crippen LogP contribution in [0.4, 0.5) is 0 Å². The molecule has 0 spiro atoms. The molecule has 0 aromatic carbocycles. The largest absolute Gasteiger partial charge is 0.390 e. The van der Waals surface area contributed by atoms with Gasteiger partial charge in [-0.3, -0.25) is 4.79 Å². The average molecular weight is 347 g/mol. The molecule has 2 N–H and O–H groups in total. The van der Waals surface area contributed by atoms with E-state index in [4.69, 9.17) is 0 Å². The summed E-state index contributed by atoms with van der Waals surface area (Å²) in [4.78, 5) is 15.7. The SMILES string of the molecule is CCC12CC3CC(O)(C1)CC(C(=O)N1CCC(C4(O)CC4)CC1)(C3)C2. The number of rotatable bonds is 3. The Kier molecular flexibility index (Phi) is 3.32. The van der Waals surface area contributed by atoms with Crippen LogP contribution in [-0.2, 0) is 4.79 Å². The number of likely N-dealkylation sites (tertiary alicyclic amines) is 1. The zero-order valence-electron chi connectivity index (χ0n) is 15.6. The summed E-state index contributed by atoms with van der Waals surface area (Å²) in [6.07, 6.45) is 10.6. The van der Waals surface area contributed by atoms with Crippen molar-refractivity contribution in [3.05, 3.63) is 0 Å². The van der Waals surface area contributed by atoms with E-state index in [1.165, 1.54) is 6.42 Å². The van der Waals surface area contributed by atoms with Gasteiger partial charge in [0.15, 0.2) is 0 Å². The molecule has 0 radical (unpaired) electrons. The van der Waals surface area contributed by atoms with Gasteiger partial charge in [-0.1, -0.05) is 13.3 Å². The Bertz CT molecular complexity index is 594. The van der Waals surface area contributed by atoms with Crippen LogP contribution in [0.1, 0.15) is 77.6 Å². The molecule has 4 unspecified atom stereocenters. The number of hydrogen-bond acceptors (Lipinski definition) is 3. The van der Waals surface area contributed by atoms with Crippen LogP contribution < -0.4 is 0 Å². The molecule has 1 saturated heterocycles. The smallest absolute Gasteiger partial charge is 0.228 e. The van der Waals surface area contributed by atoms with Gasteiger partial charge in [0.2, 0.25) is 5.91 Å². The second kappa shape index (κ2) is 5.01. The minimum Gasteiger partial charge on any atom is -0.390 e. The van der Waals surface area contributed by atoms with Gasteiger partial charge in [-0.05, 0) is 81.5 Å². The van der Waals surface area contributed by atoms with Crippen LogP contribution in [0.25, 0.3) is 0 Å². The van der Waals surface area contributed by atoms with Crippen molar-refractivity contribution >= 4 is 5.91 Å². The van der Waals surface area contributed by atoms with Gasteiger partial charge in [-0.25, -0.2) is 0 Å². The number of carbonyl (C=O) groups is 1. The monoisotopic (exact) mass is 347 g/mol. The molecule has 5 saturated carbocycles. The molecule has 4 nitrogen and oxygen atoms in total. The third-order valence-corrected chi connectivity index (χ3v) is 8.66. The van der Waals surface area contributed by atoms with E-state index in [1.54, 1.807) is 0 Å². The lowest BCUT2D eigenvalue weighted by Gasteiger charge is -2.65. The zero-order chi connectivity index (χ0) is 17.5. The van der Waals surface area contributed by atoms with Gasteiger partial charge < -0.3 is 15.1 Å². The first-order valence-electron chi connectivity index (χ1n) is 10.5. The standard InChI is InChI=1S/C21H33NO3/c1-2-18-9-15-10-19(12-18,14-20(24,11-15)13-18)17(23)22-7-3-16(4-8-22)21(25)5-6-21/h15-16,24-25H,2-14H2,1H3. The van der Waals surface area contributed by atoms with Crippen molar-refractivity contribution in [1.82, 2.24) is 4.90 Å². The van der Waals surface area contributed by atoms with Crippen LogP contribution in [0, 0.1) is 22.7 Å². The fourth-order valence-corrected chi connectivity index (χ4v) is 7.71. The minimum absolute atomic E-state index is 0.200. The van der Waals surface area contributed by atoms with Crippen LogP contribution in [0.2, 0.25) is 0 Å². The van der Waals surface area contributed by atoms with Crippen LogP contribution in [0.3, 0.4) is 0 Å². The first-order valence-corrected chi connectivity index (χ1v) is 10.5. The van der Waals surface area contributed by atoms with E-state index in [2.05, 4.69) is 11.8 Å². The van der Waals surface area contributed by atoms with E-state index in [0.29, 0.717) is 24.2 Å². The number of piperidine rings is 1. The fraction of sp³-hybridized carbons (Fsp3) is 0.952. The van der Waals surface area contributed by atoms with Gasteiger partial charge in [-0.2, -0.15) is 0 Å².